The normalized spacial score (nSPS) is 18.3. The molecule has 1 unspecified atom stereocenters. The van der Waals surface area contributed by atoms with Gasteiger partial charge in [-0.15, -0.1) is 12.4 Å². The van der Waals surface area contributed by atoms with Gasteiger partial charge in [0.1, 0.15) is 6.10 Å². The molecule has 2 aromatic rings. The van der Waals surface area contributed by atoms with Gasteiger partial charge in [-0.1, -0.05) is 11.8 Å². The van der Waals surface area contributed by atoms with Gasteiger partial charge in [0, 0.05) is 18.8 Å². The van der Waals surface area contributed by atoms with Crippen LogP contribution >= 0.6 is 24.2 Å². The molecular weight excluding hydrogens is 334 g/mol. The number of carbonyl (C=O) groups excluding carboxylic acids is 1. The molecule has 1 aromatic heterocycles. The van der Waals surface area contributed by atoms with Crippen LogP contribution in [0.4, 0.5) is 0 Å². The molecule has 1 aromatic carbocycles. The maximum atomic E-state index is 12.0. The molecule has 0 bridgehead atoms. The Morgan fingerprint density at radius 1 is 1.39 bits per heavy atom. The number of morpholine rings is 1. The first-order chi connectivity index (χ1) is 10.5. The Balaban J connectivity index is 0.00000192. The molecule has 1 atom stereocenters. The van der Waals surface area contributed by atoms with Crippen LogP contribution in [0.15, 0.2) is 17.3 Å². The zero-order chi connectivity index (χ0) is 15.7. The average Bonchev–Trinajstić information content (AvgIpc) is 2.86. The Bertz CT molecular complexity index is 665. The minimum Gasteiger partial charge on any atom is -0.367 e. The molecule has 2 heterocycles. The summed E-state index contributed by atoms with van der Waals surface area (Å²) in [5.41, 5.74) is 4.59. The first kappa shape index (κ1) is 18.1. The molecule has 23 heavy (non-hydrogen) atoms. The highest BCUT2D eigenvalue weighted by Gasteiger charge is 2.25. The van der Waals surface area contributed by atoms with Crippen LogP contribution in [0.5, 0.6) is 0 Å². The number of nitrogens with one attached hydrogen (secondary N) is 1. The van der Waals surface area contributed by atoms with E-state index in [0.717, 1.165) is 28.5 Å². The number of aromatic nitrogens is 2. The molecular formula is C16H22ClN3O2S. The number of hydrogen-bond acceptors (Lipinski definition) is 4. The van der Waals surface area contributed by atoms with E-state index in [2.05, 4.69) is 35.9 Å². The number of carbonyl (C=O) groups is 1. The minimum atomic E-state index is -0.309. The minimum absolute atomic E-state index is 0. The van der Waals surface area contributed by atoms with E-state index in [1.165, 1.54) is 11.1 Å². The zero-order valence-electron chi connectivity index (χ0n) is 13.6. The molecule has 1 saturated heterocycles. The Morgan fingerprint density at radius 3 is 2.91 bits per heavy atom. The lowest BCUT2D eigenvalue weighted by Crippen LogP contribution is -2.47. The van der Waals surface area contributed by atoms with Crippen molar-refractivity contribution in [2.24, 2.45) is 0 Å². The number of fused-ring (bicyclic) bond motifs is 1. The first-order valence-corrected chi connectivity index (χ1v) is 8.53. The number of imidazole rings is 1. The van der Waals surface area contributed by atoms with E-state index in [1.807, 2.05) is 11.8 Å². The van der Waals surface area contributed by atoms with Crippen molar-refractivity contribution in [3.05, 3.63) is 23.3 Å². The molecule has 1 amide bonds. The van der Waals surface area contributed by atoms with E-state index >= 15 is 0 Å². The van der Waals surface area contributed by atoms with Crippen molar-refractivity contribution in [2.75, 3.05) is 25.4 Å². The van der Waals surface area contributed by atoms with Crippen LogP contribution in [-0.4, -0.2) is 52.3 Å². The number of H-pyrrole nitrogens is 1. The van der Waals surface area contributed by atoms with E-state index in [0.29, 0.717) is 13.2 Å². The first-order valence-electron chi connectivity index (χ1n) is 7.55. The fraction of sp³-hybridized carbons (Fsp3) is 0.500. The number of aryl methyl sites for hydroxylation is 2. The smallest absolute Gasteiger partial charge is 0.251 e. The van der Waals surface area contributed by atoms with Gasteiger partial charge < -0.3 is 14.6 Å². The lowest BCUT2D eigenvalue weighted by molar-refractivity contribution is -0.150. The van der Waals surface area contributed by atoms with Crippen LogP contribution in [0, 0.1) is 13.8 Å². The summed E-state index contributed by atoms with van der Waals surface area (Å²) in [4.78, 5) is 21.8. The highest BCUT2D eigenvalue weighted by molar-refractivity contribution is 7.99. The summed E-state index contributed by atoms with van der Waals surface area (Å²) in [5, 5.41) is 0.911. The maximum Gasteiger partial charge on any atom is 0.251 e. The molecule has 1 fully saturated rings. The van der Waals surface area contributed by atoms with Gasteiger partial charge in [-0.05, 0) is 44.0 Å². The van der Waals surface area contributed by atoms with Gasteiger partial charge in [0.15, 0.2) is 5.16 Å². The van der Waals surface area contributed by atoms with Gasteiger partial charge in [-0.25, -0.2) is 4.98 Å². The van der Waals surface area contributed by atoms with Crippen LogP contribution in [-0.2, 0) is 9.53 Å². The standard InChI is InChI=1S/C16H21N3O2S.ClH/c1-10-8-13-14(9-11(10)2)18-16(17-13)22-7-5-19-4-6-21-12(3)15(19)20;/h8-9,12H,4-7H2,1-3H3,(H,17,18);1H. The second kappa shape index (κ2) is 7.55. The number of rotatable bonds is 4. The second-order valence-electron chi connectivity index (χ2n) is 5.68. The number of thioether (sulfide) groups is 1. The predicted octanol–water partition coefficient (Wildman–Crippen LogP) is 2.94. The van der Waals surface area contributed by atoms with Gasteiger partial charge in [0.05, 0.1) is 17.6 Å². The van der Waals surface area contributed by atoms with Gasteiger partial charge in [-0.2, -0.15) is 0 Å². The Kier molecular flexibility index (Phi) is 5.95. The molecule has 1 N–H and O–H groups in total. The molecule has 7 heteroatoms. The highest BCUT2D eigenvalue weighted by atomic mass is 35.5. The van der Waals surface area contributed by atoms with Crippen molar-refractivity contribution in [1.29, 1.82) is 0 Å². The Morgan fingerprint density at radius 2 is 2.13 bits per heavy atom. The van der Waals surface area contributed by atoms with Crippen LogP contribution in [0.1, 0.15) is 18.1 Å². The van der Waals surface area contributed by atoms with E-state index in [1.54, 1.807) is 11.8 Å². The van der Waals surface area contributed by atoms with Crippen molar-refractivity contribution in [1.82, 2.24) is 14.9 Å². The lowest BCUT2D eigenvalue weighted by atomic mass is 10.1. The molecule has 0 spiro atoms. The third-order valence-corrected chi connectivity index (χ3v) is 4.92. The third-order valence-electron chi connectivity index (χ3n) is 4.06. The summed E-state index contributed by atoms with van der Waals surface area (Å²) in [5.74, 6) is 0.915. The van der Waals surface area contributed by atoms with E-state index in [9.17, 15) is 4.79 Å². The largest absolute Gasteiger partial charge is 0.367 e. The van der Waals surface area contributed by atoms with Crippen molar-refractivity contribution in [3.8, 4) is 0 Å². The average molecular weight is 356 g/mol. The fourth-order valence-electron chi connectivity index (χ4n) is 2.57. The van der Waals surface area contributed by atoms with Crippen molar-refractivity contribution < 1.29 is 9.53 Å². The monoisotopic (exact) mass is 355 g/mol. The number of amides is 1. The highest BCUT2D eigenvalue weighted by Crippen LogP contribution is 2.22. The SMILES string of the molecule is Cc1cc2nc(SCCN3CCOC(C)C3=O)[nH]c2cc1C.Cl. The predicted molar refractivity (Wildman–Crippen MR) is 95.5 cm³/mol. The molecule has 0 saturated carbocycles. The molecule has 3 rings (SSSR count). The maximum absolute atomic E-state index is 12.0. The quantitative estimate of drug-likeness (QED) is 0.857. The topological polar surface area (TPSA) is 58.2 Å². The molecule has 1 aliphatic rings. The lowest BCUT2D eigenvalue weighted by Gasteiger charge is -2.30. The van der Waals surface area contributed by atoms with Crippen LogP contribution in [0.2, 0.25) is 0 Å². The van der Waals surface area contributed by atoms with Gasteiger partial charge in [0.2, 0.25) is 0 Å². The van der Waals surface area contributed by atoms with Crippen molar-refractivity contribution in [2.45, 2.75) is 32.0 Å². The summed E-state index contributed by atoms with van der Waals surface area (Å²) < 4.78 is 5.33. The van der Waals surface area contributed by atoms with Crippen LogP contribution < -0.4 is 0 Å². The summed E-state index contributed by atoms with van der Waals surface area (Å²) >= 11 is 1.65. The fourth-order valence-corrected chi connectivity index (χ4v) is 3.42. The molecule has 0 aliphatic carbocycles. The number of aromatic amines is 1. The second-order valence-corrected chi connectivity index (χ2v) is 6.77. The van der Waals surface area contributed by atoms with E-state index < -0.39 is 0 Å². The number of ether oxygens (including phenoxy) is 1. The van der Waals surface area contributed by atoms with Gasteiger partial charge in [-0.3, -0.25) is 4.79 Å². The van der Waals surface area contributed by atoms with E-state index in [-0.39, 0.29) is 24.4 Å². The Labute approximate surface area is 146 Å². The summed E-state index contributed by atoms with van der Waals surface area (Å²) in [6.07, 6.45) is -0.309. The number of nitrogens with zero attached hydrogens (tertiary/aromatic N) is 2. The van der Waals surface area contributed by atoms with Gasteiger partial charge in [0.25, 0.3) is 5.91 Å². The zero-order valence-corrected chi connectivity index (χ0v) is 15.2. The molecule has 0 radical (unpaired) electrons. The number of halogens is 1. The van der Waals surface area contributed by atoms with E-state index in [4.69, 9.17) is 4.74 Å². The molecule has 5 nitrogen and oxygen atoms in total. The summed E-state index contributed by atoms with van der Waals surface area (Å²) in [6, 6.07) is 4.24. The molecule has 126 valence electrons. The number of hydrogen-bond donors (Lipinski definition) is 1. The third kappa shape index (κ3) is 4.00. The number of benzene rings is 1. The van der Waals surface area contributed by atoms with Crippen LogP contribution in [0.25, 0.3) is 11.0 Å². The Hall–Kier alpha value is -1.24. The summed E-state index contributed by atoms with van der Waals surface area (Å²) in [7, 11) is 0. The van der Waals surface area contributed by atoms with Crippen molar-refractivity contribution >= 4 is 41.1 Å². The van der Waals surface area contributed by atoms with Crippen molar-refractivity contribution in [3.63, 3.8) is 0 Å². The van der Waals surface area contributed by atoms with Gasteiger partial charge >= 0.3 is 0 Å². The molecule has 1 aliphatic heterocycles. The van der Waals surface area contributed by atoms with Crippen LogP contribution in [0.3, 0.4) is 0 Å². The summed E-state index contributed by atoms with van der Waals surface area (Å²) in [6.45, 7) is 8.05.